The summed E-state index contributed by atoms with van der Waals surface area (Å²) in [7, 11) is 0. The zero-order valence-corrected chi connectivity index (χ0v) is 11.4. The Balaban J connectivity index is 2.55. The van der Waals surface area contributed by atoms with Gasteiger partial charge in [-0.1, -0.05) is 6.92 Å². The Labute approximate surface area is 95.6 Å². The smallest absolute Gasteiger partial charge is 0.0200 e. The second-order valence-electron chi connectivity index (χ2n) is 5.97. The van der Waals surface area contributed by atoms with E-state index in [9.17, 15) is 0 Å². The Kier molecular flexibility index (Phi) is 4.19. The highest BCUT2D eigenvalue weighted by molar-refractivity contribution is 4.88. The minimum absolute atomic E-state index is 0.320. The molecule has 1 unspecified atom stereocenters. The first-order chi connectivity index (χ1) is 6.86. The molecule has 0 bridgehead atoms. The SMILES string of the molecule is CCC(C)N1CCN(C(C)(C)C)[C@@H](C)C1. The van der Waals surface area contributed by atoms with Gasteiger partial charge in [0.05, 0.1) is 0 Å². The summed E-state index contributed by atoms with van der Waals surface area (Å²) in [6.07, 6.45) is 1.27. The normalized spacial score (nSPS) is 28.0. The molecular weight excluding hydrogens is 184 g/mol. The van der Waals surface area contributed by atoms with Gasteiger partial charge in [-0.05, 0) is 41.0 Å². The van der Waals surface area contributed by atoms with Gasteiger partial charge < -0.3 is 0 Å². The van der Waals surface area contributed by atoms with E-state index < -0.39 is 0 Å². The first kappa shape index (κ1) is 13.0. The van der Waals surface area contributed by atoms with E-state index in [2.05, 4.69) is 51.3 Å². The minimum atomic E-state index is 0.320. The largest absolute Gasteiger partial charge is 0.298 e. The van der Waals surface area contributed by atoms with Crippen LogP contribution in [0.15, 0.2) is 0 Å². The summed E-state index contributed by atoms with van der Waals surface area (Å²) in [5.41, 5.74) is 0.320. The van der Waals surface area contributed by atoms with Gasteiger partial charge in [0, 0.05) is 37.3 Å². The second-order valence-corrected chi connectivity index (χ2v) is 5.97. The van der Waals surface area contributed by atoms with Crippen LogP contribution >= 0.6 is 0 Å². The average molecular weight is 212 g/mol. The van der Waals surface area contributed by atoms with E-state index in [4.69, 9.17) is 0 Å². The number of hydrogen-bond donors (Lipinski definition) is 0. The van der Waals surface area contributed by atoms with E-state index in [1.54, 1.807) is 0 Å². The molecule has 1 saturated heterocycles. The Bertz CT molecular complexity index is 195. The summed E-state index contributed by atoms with van der Waals surface area (Å²) in [5, 5.41) is 0. The Morgan fingerprint density at radius 2 is 1.87 bits per heavy atom. The van der Waals surface area contributed by atoms with Crippen LogP contribution in [0.25, 0.3) is 0 Å². The highest BCUT2D eigenvalue weighted by Gasteiger charge is 2.32. The van der Waals surface area contributed by atoms with E-state index in [-0.39, 0.29) is 0 Å². The molecule has 1 fully saturated rings. The summed E-state index contributed by atoms with van der Waals surface area (Å²) >= 11 is 0. The number of nitrogens with zero attached hydrogens (tertiary/aromatic N) is 2. The van der Waals surface area contributed by atoms with Gasteiger partial charge in [-0.2, -0.15) is 0 Å². The van der Waals surface area contributed by atoms with Crippen molar-refractivity contribution in [1.29, 1.82) is 0 Å². The summed E-state index contributed by atoms with van der Waals surface area (Å²) in [4.78, 5) is 5.26. The molecule has 0 N–H and O–H groups in total. The topological polar surface area (TPSA) is 6.48 Å². The van der Waals surface area contributed by atoms with Crippen LogP contribution in [0.4, 0.5) is 0 Å². The van der Waals surface area contributed by atoms with Crippen LogP contribution in [-0.4, -0.2) is 47.1 Å². The van der Waals surface area contributed by atoms with Crippen molar-refractivity contribution in [1.82, 2.24) is 9.80 Å². The van der Waals surface area contributed by atoms with Gasteiger partial charge in [0.2, 0.25) is 0 Å². The lowest BCUT2D eigenvalue weighted by Gasteiger charge is -2.48. The van der Waals surface area contributed by atoms with Crippen molar-refractivity contribution in [3.63, 3.8) is 0 Å². The lowest BCUT2D eigenvalue weighted by Crippen LogP contribution is -2.59. The van der Waals surface area contributed by atoms with Gasteiger partial charge in [-0.15, -0.1) is 0 Å². The average Bonchev–Trinajstić information content (AvgIpc) is 2.14. The fraction of sp³-hybridized carbons (Fsp3) is 1.00. The number of hydrogen-bond acceptors (Lipinski definition) is 2. The van der Waals surface area contributed by atoms with E-state index in [0.29, 0.717) is 11.6 Å². The fourth-order valence-electron chi connectivity index (χ4n) is 2.64. The summed E-state index contributed by atoms with van der Waals surface area (Å²) in [6.45, 7) is 17.6. The van der Waals surface area contributed by atoms with Crippen molar-refractivity contribution < 1.29 is 0 Å². The predicted molar refractivity (Wildman–Crippen MR) is 67.2 cm³/mol. The molecule has 0 radical (unpaired) electrons. The fourth-order valence-corrected chi connectivity index (χ4v) is 2.64. The first-order valence-electron chi connectivity index (χ1n) is 6.37. The molecule has 0 spiro atoms. The van der Waals surface area contributed by atoms with Crippen LogP contribution < -0.4 is 0 Å². The third-order valence-corrected chi connectivity index (χ3v) is 3.73. The predicted octanol–water partition coefficient (Wildman–Crippen LogP) is 2.59. The number of piperazine rings is 1. The van der Waals surface area contributed by atoms with E-state index >= 15 is 0 Å². The molecule has 2 atom stereocenters. The van der Waals surface area contributed by atoms with Crippen LogP contribution in [0.3, 0.4) is 0 Å². The van der Waals surface area contributed by atoms with E-state index in [1.165, 1.54) is 26.1 Å². The third-order valence-electron chi connectivity index (χ3n) is 3.73. The van der Waals surface area contributed by atoms with Crippen molar-refractivity contribution in [3.8, 4) is 0 Å². The monoisotopic (exact) mass is 212 g/mol. The van der Waals surface area contributed by atoms with E-state index in [0.717, 1.165) is 6.04 Å². The summed E-state index contributed by atoms with van der Waals surface area (Å²) in [6, 6.07) is 1.43. The van der Waals surface area contributed by atoms with Gasteiger partial charge in [-0.25, -0.2) is 0 Å². The van der Waals surface area contributed by atoms with Gasteiger partial charge in [0.15, 0.2) is 0 Å². The molecule has 2 nitrogen and oxygen atoms in total. The third kappa shape index (κ3) is 3.18. The van der Waals surface area contributed by atoms with E-state index in [1.807, 2.05) is 0 Å². The van der Waals surface area contributed by atoms with Crippen molar-refractivity contribution in [2.45, 2.75) is 65.6 Å². The zero-order valence-electron chi connectivity index (χ0n) is 11.4. The Morgan fingerprint density at radius 3 is 2.27 bits per heavy atom. The molecule has 0 aromatic rings. The second kappa shape index (κ2) is 4.84. The highest BCUT2D eigenvalue weighted by Crippen LogP contribution is 2.22. The van der Waals surface area contributed by atoms with Gasteiger partial charge in [-0.3, -0.25) is 9.80 Å². The van der Waals surface area contributed by atoms with Crippen LogP contribution in [0.1, 0.15) is 48.0 Å². The van der Waals surface area contributed by atoms with Crippen molar-refractivity contribution in [2.75, 3.05) is 19.6 Å². The molecule has 0 amide bonds. The highest BCUT2D eigenvalue weighted by atomic mass is 15.3. The first-order valence-corrected chi connectivity index (χ1v) is 6.37. The molecule has 15 heavy (non-hydrogen) atoms. The van der Waals surface area contributed by atoms with Gasteiger partial charge in [0.25, 0.3) is 0 Å². The lowest BCUT2D eigenvalue weighted by atomic mass is 10.00. The van der Waals surface area contributed by atoms with Crippen LogP contribution in [0.5, 0.6) is 0 Å². The molecule has 1 aliphatic rings. The Morgan fingerprint density at radius 1 is 1.27 bits per heavy atom. The van der Waals surface area contributed by atoms with Crippen LogP contribution in [-0.2, 0) is 0 Å². The zero-order chi connectivity index (χ0) is 11.6. The molecule has 0 aliphatic carbocycles. The maximum atomic E-state index is 2.63. The van der Waals surface area contributed by atoms with Gasteiger partial charge in [0.1, 0.15) is 0 Å². The summed E-state index contributed by atoms with van der Waals surface area (Å²) in [5.74, 6) is 0. The van der Waals surface area contributed by atoms with Crippen molar-refractivity contribution in [3.05, 3.63) is 0 Å². The molecule has 0 aromatic heterocycles. The van der Waals surface area contributed by atoms with Gasteiger partial charge >= 0.3 is 0 Å². The standard InChI is InChI=1S/C13H28N2/c1-7-11(2)14-8-9-15(12(3)10-14)13(4,5)6/h11-12H,7-10H2,1-6H3/t11?,12-/m0/s1. The molecule has 1 aliphatic heterocycles. The van der Waals surface area contributed by atoms with Crippen LogP contribution in [0.2, 0.25) is 0 Å². The molecular formula is C13H28N2. The quantitative estimate of drug-likeness (QED) is 0.694. The van der Waals surface area contributed by atoms with Crippen molar-refractivity contribution >= 4 is 0 Å². The molecule has 0 aromatic carbocycles. The lowest BCUT2D eigenvalue weighted by molar-refractivity contribution is 0.00388. The van der Waals surface area contributed by atoms with Crippen LogP contribution in [0, 0.1) is 0 Å². The molecule has 0 saturated carbocycles. The molecule has 90 valence electrons. The molecule has 1 rings (SSSR count). The maximum absolute atomic E-state index is 2.63. The summed E-state index contributed by atoms with van der Waals surface area (Å²) < 4.78 is 0. The molecule has 1 heterocycles. The minimum Gasteiger partial charge on any atom is -0.298 e. The molecule has 2 heteroatoms. The Hall–Kier alpha value is -0.0800. The van der Waals surface area contributed by atoms with Crippen molar-refractivity contribution in [2.24, 2.45) is 0 Å². The number of rotatable bonds is 2. The maximum Gasteiger partial charge on any atom is 0.0200 e.